The van der Waals surface area contributed by atoms with Crippen molar-refractivity contribution >= 4 is 5.91 Å². The van der Waals surface area contributed by atoms with E-state index in [2.05, 4.69) is 22.8 Å². The third-order valence-electron chi connectivity index (χ3n) is 2.13. The molecule has 1 unspecified atom stereocenters. The number of carbonyl (C=O) groups is 1. The second-order valence-corrected chi connectivity index (χ2v) is 3.19. The minimum atomic E-state index is 0.0842. The summed E-state index contributed by atoms with van der Waals surface area (Å²) in [4.78, 5) is 10.9. The van der Waals surface area contributed by atoms with Crippen LogP contribution >= 0.6 is 0 Å². The minimum Gasteiger partial charge on any atom is -0.339 e. The average molecular weight is 176 g/mol. The number of benzene rings is 1. The lowest BCUT2D eigenvalue weighted by Crippen LogP contribution is -2.34. The van der Waals surface area contributed by atoms with Gasteiger partial charge in [-0.05, 0) is 5.56 Å². The van der Waals surface area contributed by atoms with Gasteiger partial charge in [0.1, 0.15) is 0 Å². The Morgan fingerprint density at radius 1 is 1.31 bits per heavy atom. The van der Waals surface area contributed by atoms with Crippen molar-refractivity contribution in [2.24, 2.45) is 0 Å². The van der Waals surface area contributed by atoms with Crippen molar-refractivity contribution in [1.82, 2.24) is 10.6 Å². The van der Waals surface area contributed by atoms with Gasteiger partial charge in [-0.15, -0.1) is 0 Å². The zero-order valence-electron chi connectivity index (χ0n) is 7.29. The summed E-state index contributed by atoms with van der Waals surface area (Å²) >= 11 is 0. The molecule has 0 bridgehead atoms. The van der Waals surface area contributed by atoms with Crippen LogP contribution in [0.3, 0.4) is 0 Å². The Morgan fingerprint density at radius 2 is 2.08 bits per heavy atom. The first kappa shape index (κ1) is 8.26. The maximum absolute atomic E-state index is 10.9. The predicted octanol–water partition coefficient (Wildman–Crippen LogP) is 0.275. The van der Waals surface area contributed by atoms with Gasteiger partial charge in [0.25, 0.3) is 0 Å². The van der Waals surface area contributed by atoms with Crippen LogP contribution in [-0.2, 0) is 11.2 Å². The van der Waals surface area contributed by atoms with Crippen molar-refractivity contribution in [3.63, 3.8) is 0 Å². The normalized spacial score (nSPS) is 21.5. The van der Waals surface area contributed by atoms with Crippen LogP contribution in [0.25, 0.3) is 0 Å². The lowest BCUT2D eigenvalue weighted by molar-refractivity contribution is -0.118. The average Bonchev–Trinajstić information content (AvgIpc) is 2.53. The standard InChI is InChI=1S/C10H12N2O/c13-10-7-11-9(12-10)6-8-4-2-1-3-5-8/h1-5,9,11H,6-7H2,(H,12,13). The first-order chi connectivity index (χ1) is 6.34. The molecule has 0 spiro atoms. The fraction of sp³-hybridized carbons (Fsp3) is 0.300. The van der Waals surface area contributed by atoms with Crippen LogP contribution in [0.1, 0.15) is 5.56 Å². The van der Waals surface area contributed by atoms with Gasteiger partial charge in [0.2, 0.25) is 5.91 Å². The summed E-state index contributed by atoms with van der Waals surface area (Å²) in [6.45, 7) is 0.442. The first-order valence-corrected chi connectivity index (χ1v) is 4.41. The summed E-state index contributed by atoms with van der Waals surface area (Å²) in [5, 5.41) is 5.95. The number of hydrogen-bond acceptors (Lipinski definition) is 2. The molecule has 1 heterocycles. The van der Waals surface area contributed by atoms with Crippen LogP contribution in [0, 0.1) is 0 Å². The molecule has 0 aromatic heterocycles. The van der Waals surface area contributed by atoms with E-state index < -0.39 is 0 Å². The maximum Gasteiger partial charge on any atom is 0.235 e. The zero-order valence-corrected chi connectivity index (χ0v) is 7.29. The number of amides is 1. The highest BCUT2D eigenvalue weighted by atomic mass is 16.2. The van der Waals surface area contributed by atoms with Gasteiger partial charge >= 0.3 is 0 Å². The SMILES string of the molecule is O=C1CNC(Cc2ccccc2)N1. The van der Waals surface area contributed by atoms with Gasteiger partial charge in [0.05, 0.1) is 12.7 Å². The van der Waals surface area contributed by atoms with Crippen LogP contribution in [0.4, 0.5) is 0 Å². The molecule has 1 aromatic rings. The Balaban J connectivity index is 1.96. The molecule has 0 radical (unpaired) electrons. The summed E-state index contributed by atoms with van der Waals surface area (Å²) in [6, 6.07) is 10.1. The van der Waals surface area contributed by atoms with Crippen molar-refractivity contribution in [2.45, 2.75) is 12.6 Å². The van der Waals surface area contributed by atoms with E-state index in [0.717, 1.165) is 6.42 Å². The highest BCUT2D eigenvalue weighted by molar-refractivity contribution is 5.80. The molecule has 1 saturated heterocycles. The molecule has 0 saturated carbocycles. The molecular weight excluding hydrogens is 164 g/mol. The lowest BCUT2D eigenvalue weighted by Gasteiger charge is -2.09. The van der Waals surface area contributed by atoms with Crippen LogP contribution in [-0.4, -0.2) is 18.6 Å². The smallest absolute Gasteiger partial charge is 0.235 e. The number of nitrogens with one attached hydrogen (secondary N) is 2. The van der Waals surface area contributed by atoms with Gasteiger partial charge in [-0.3, -0.25) is 10.1 Å². The largest absolute Gasteiger partial charge is 0.339 e. The Hall–Kier alpha value is -1.35. The van der Waals surface area contributed by atoms with E-state index in [1.165, 1.54) is 5.56 Å². The fourth-order valence-corrected chi connectivity index (χ4v) is 1.49. The van der Waals surface area contributed by atoms with Crippen molar-refractivity contribution in [3.8, 4) is 0 Å². The molecule has 2 rings (SSSR count). The topological polar surface area (TPSA) is 41.1 Å². The molecule has 1 fully saturated rings. The van der Waals surface area contributed by atoms with Crippen molar-refractivity contribution < 1.29 is 4.79 Å². The van der Waals surface area contributed by atoms with Crippen LogP contribution in [0.15, 0.2) is 30.3 Å². The van der Waals surface area contributed by atoms with E-state index in [1.54, 1.807) is 0 Å². The minimum absolute atomic E-state index is 0.0842. The Labute approximate surface area is 77.1 Å². The summed E-state index contributed by atoms with van der Waals surface area (Å²) < 4.78 is 0. The van der Waals surface area contributed by atoms with Gasteiger partial charge in [-0.25, -0.2) is 0 Å². The lowest BCUT2D eigenvalue weighted by atomic mass is 10.1. The summed E-state index contributed by atoms with van der Waals surface area (Å²) in [5.74, 6) is 0.0842. The van der Waals surface area contributed by atoms with Crippen LogP contribution in [0.5, 0.6) is 0 Å². The van der Waals surface area contributed by atoms with E-state index in [4.69, 9.17) is 0 Å². The number of carbonyl (C=O) groups excluding carboxylic acids is 1. The van der Waals surface area contributed by atoms with Gasteiger partial charge in [0.15, 0.2) is 0 Å². The second-order valence-electron chi connectivity index (χ2n) is 3.19. The van der Waals surface area contributed by atoms with Gasteiger partial charge in [0, 0.05) is 6.42 Å². The summed E-state index contributed by atoms with van der Waals surface area (Å²) in [7, 11) is 0. The number of rotatable bonds is 2. The zero-order chi connectivity index (χ0) is 9.10. The quantitative estimate of drug-likeness (QED) is 0.679. The third kappa shape index (κ3) is 2.06. The summed E-state index contributed by atoms with van der Waals surface area (Å²) in [6.07, 6.45) is 0.960. The molecule has 13 heavy (non-hydrogen) atoms. The van der Waals surface area contributed by atoms with E-state index in [-0.39, 0.29) is 12.1 Å². The Kier molecular flexibility index (Phi) is 2.27. The Morgan fingerprint density at radius 3 is 2.69 bits per heavy atom. The van der Waals surface area contributed by atoms with E-state index in [9.17, 15) is 4.79 Å². The van der Waals surface area contributed by atoms with E-state index >= 15 is 0 Å². The van der Waals surface area contributed by atoms with Crippen LogP contribution in [0.2, 0.25) is 0 Å². The number of hydrogen-bond donors (Lipinski definition) is 2. The molecule has 1 aliphatic rings. The van der Waals surface area contributed by atoms with Gasteiger partial charge in [-0.2, -0.15) is 0 Å². The fourth-order valence-electron chi connectivity index (χ4n) is 1.49. The molecule has 3 heteroatoms. The molecule has 2 N–H and O–H groups in total. The van der Waals surface area contributed by atoms with E-state index in [0.29, 0.717) is 6.54 Å². The molecule has 1 amide bonds. The maximum atomic E-state index is 10.9. The Bertz CT molecular complexity index is 297. The monoisotopic (exact) mass is 176 g/mol. The summed E-state index contributed by atoms with van der Waals surface area (Å²) in [5.41, 5.74) is 1.24. The molecule has 1 aliphatic heterocycles. The predicted molar refractivity (Wildman–Crippen MR) is 50.1 cm³/mol. The van der Waals surface area contributed by atoms with Crippen LogP contribution < -0.4 is 10.6 Å². The molecule has 0 aliphatic carbocycles. The van der Waals surface area contributed by atoms with E-state index in [1.807, 2.05) is 18.2 Å². The molecule has 68 valence electrons. The molecule has 3 nitrogen and oxygen atoms in total. The first-order valence-electron chi connectivity index (χ1n) is 4.41. The van der Waals surface area contributed by atoms with Crippen molar-refractivity contribution in [2.75, 3.05) is 6.54 Å². The van der Waals surface area contributed by atoms with Gasteiger partial charge < -0.3 is 5.32 Å². The molecule has 1 atom stereocenters. The van der Waals surface area contributed by atoms with Crippen molar-refractivity contribution in [3.05, 3.63) is 35.9 Å². The highest BCUT2D eigenvalue weighted by Crippen LogP contribution is 2.03. The molecule has 1 aromatic carbocycles. The highest BCUT2D eigenvalue weighted by Gasteiger charge is 2.19. The molecular formula is C10H12N2O. The van der Waals surface area contributed by atoms with Crippen molar-refractivity contribution in [1.29, 1.82) is 0 Å². The third-order valence-corrected chi connectivity index (χ3v) is 2.13. The second kappa shape index (κ2) is 3.58. The van der Waals surface area contributed by atoms with Gasteiger partial charge in [-0.1, -0.05) is 30.3 Å².